The number of hydrogen-bond acceptors (Lipinski definition) is 10. The zero-order valence-electron chi connectivity index (χ0n) is 29.9. The normalized spacial score (nSPS) is 11.9. The molecule has 2 aromatic carbocycles. The maximum atomic E-state index is 13.1. The number of aromatic nitrogens is 7. The first-order valence-corrected chi connectivity index (χ1v) is 18.2. The van der Waals surface area contributed by atoms with Gasteiger partial charge in [-0.05, 0) is 48.2 Å². The third-order valence-electron chi connectivity index (χ3n) is 8.46. The summed E-state index contributed by atoms with van der Waals surface area (Å²) in [5, 5.41) is 20.1. The van der Waals surface area contributed by atoms with Crippen molar-refractivity contribution >= 4 is 34.8 Å². The first-order chi connectivity index (χ1) is 26.3. The number of anilines is 2. The van der Waals surface area contributed by atoms with Gasteiger partial charge in [0.25, 0.3) is 0 Å². The van der Waals surface area contributed by atoms with Gasteiger partial charge in [-0.3, -0.25) is 34.2 Å². The minimum Gasteiger partial charge on any atom is -0.320 e. The molecule has 7 aromatic rings. The molecular weight excluding hydrogens is 699 g/mol. The molecule has 0 saturated carbocycles. The van der Waals surface area contributed by atoms with E-state index < -0.39 is 12.1 Å². The van der Waals surface area contributed by atoms with Gasteiger partial charge in [-0.25, -0.2) is 4.98 Å². The number of benzene rings is 2. The minimum atomic E-state index is -0.619. The van der Waals surface area contributed by atoms with Crippen LogP contribution >= 0.6 is 11.3 Å². The molecule has 274 valence electrons. The Balaban J connectivity index is 0.000000189. The SMILES string of the molecule is Cn1nc(-c2ccncc2)cc1NC(=O)[C@@H](N)Cc1ccccc1.Cn1nc(-c2ccncc2)cc1NC(=O)[C@H](Cc1ccccc1)NCc1cscn1. The van der Waals surface area contributed by atoms with Crippen LogP contribution < -0.4 is 21.7 Å². The number of carbonyl (C=O) groups excluding carboxylic acids is 2. The Labute approximate surface area is 317 Å². The molecule has 0 saturated heterocycles. The fourth-order valence-corrected chi connectivity index (χ4v) is 6.11. The Morgan fingerprint density at radius 1 is 0.704 bits per heavy atom. The molecule has 0 unspecified atom stereocenters. The summed E-state index contributed by atoms with van der Waals surface area (Å²) in [6.07, 6.45) is 7.92. The van der Waals surface area contributed by atoms with Crippen molar-refractivity contribution < 1.29 is 9.59 Å². The summed E-state index contributed by atoms with van der Waals surface area (Å²) >= 11 is 1.54. The number of thiazole rings is 1. The number of nitrogens with two attached hydrogens (primary N) is 1. The van der Waals surface area contributed by atoms with Crippen LogP contribution in [-0.4, -0.2) is 58.4 Å². The second kappa shape index (κ2) is 18.4. The van der Waals surface area contributed by atoms with Crippen molar-refractivity contribution in [2.45, 2.75) is 31.5 Å². The average molecular weight is 740 g/mol. The maximum absolute atomic E-state index is 13.1. The van der Waals surface area contributed by atoms with Crippen LogP contribution in [0, 0.1) is 0 Å². The second-order valence-electron chi connectivity index (χ2n) is 12.4. The number of hydrogen-bond donors (Lipinski definition) is 4. The lowest BCUT2D eigenvalue weighted by molar-refractivity contribution is -0.118. The Morgan fingerprint density at radius 2 is 1.20 bits per heavy atom. The summed E-state index contributed by atoms with van der Waals surface area (Å²) in [7, 11) is 3.60. The monoisotopic (exact) mass is 739 g/mol. The van der Waals surface area contributed by atoms with Crippen molar-refractivity contribution in [1.82, 2.24) is 39.8 Å². The lowest BCUT2D eigenvalue weighted by Crippen LogP contribution is -2.42. The van der Waals surface area contributed by atoms with Crippen LogP contribution in [0.2, 0.25) is 0 Å². The highest BCUT2D eigenvalue weighted by molar-refractivity contribution is 7.07. The number of pyridine rings is 2. The van der Waals surface area contributed by atoms with Crippen molar-refractivity contribution in [3.05, 3.63) is 150 Å². The highest BCUT2D eigenvalue weighted by Gasteiger charge is 2.21. The molecule has 5 aromatic heterocycles. The van der Waals surface area contributed by atoms with Crippen molar-refractivity contribution in [2.75, 3.05) is 10.6 Å². The molecule has 0 aliphatic heterocycles. The van der Waals surface area contributed by atoms with E-state index in [4.69, 9.17) is 5.73 Å². The van der Waals surface area contributed by atoms with Gasteiger partial charge < -0.3 is 16.4 Å². The van der Waals surface area contributed by atoms with E-state index in [0.717, 1.165) is 39.3 Å². The molecule has 14 heteroatoms. The van der Waals surface area contributed by atoms with E-state index in [9.17, 15) is 9.59 Å². The summed E-state index contributed by atoms with van der Waals surface area (Å²) in [4.78, 5) is 37.8. The predicted molar refractivity (Wildman–Crippen MR) is 211 cm³/mol. The highest BCUT2D eigenvalue weighted by atomic mass is 32.1. The van der Waals surface area contributed by atoms with Crippen molar-refractivity contribution in [3.63, 3.8) is 0 Å². The Morgan fingerprint density at radius 3 is 1.70 bits per heavy atom. The van der Waals surface area contributed by atoms with Crippen LogP contribution in [0.1, 0.15) is 16.8 Å². The molecule has 54 heavy (non-hydrogen) atoms. The fraction of sp³-hybridized carbons (Fsp3) is 0.175. The Kier molecular flexibility index (Phi) is 12.8. The smallest absolute Gasteiger partial charge is 0.243 e. The molecule has 0 fully saturated rings. The summed E-state index contributed by atoms with van der Waals surface area (Å²) in [6, 6.07) is 29.9. The molecule has 13 nitrogen and oxygen atoms in total. The lowest BCUT2D eigenvalue weighted by atomic mass is 10.1. The Hall–Kier alpha value is -6.35. The molecule has 0 bridgehead atoms. The van der Waals surface area contributed by atoms with Crippen LogP contribution in [0.15, 0.2) is 133 Å². The molecule has 0 radical (unpaired) electrons. The molecule has 2 atom stereocenters. The van der Waals surface area contributed by atoms with Gasteiger partial charge >= 0.3 is 0 Å². The zero-order chi connectivity index (χ0) is 37.7. The standard InChI is InChI=1S/C22H22N6OS.C18H19N5O/c1-28-21(12-19(27-28)17-7-9-23-10-8-17)26-22(29)20(11-16-5-3-2-4-6-16)24-13-18-14-30-15-25-18;1-23-17(12-16(22-23)14-7-9-20-10-8-14)21-18(24)15(19)11-13-5-3-2-4-6-13/h2-10,12,14-15,20,24H,11,13H2,1H3,(H,26,29);2-10,12,15H,11,19H2,1H3,(H,21,24)/t20-;15-/m00/s1. The first kappa shape index (κ1) is 37.4. The Bertz CT molecular complexity index is 2210. The molecule has 0 aliphatic rings. The fourth-order valence-electron chi connectivity index (χ4n) is 5.55. The quantitative estimate of drug-likeness (QED) is 0.123. The van der Waals surface area contributed by atoms with E-state index >= 15 is 0 Å². The third-order valence-corrected chi connectivity index (χ3v) is 9.10. The molecule has 7 rings (SSSR count). The third kappa shape index (κ3) is 10.4. The summed E-state index contributed by atoms with van der Waals surface area (Å²) in [6.45, 7) is 0.530. The van der Waals surface area contributed by atoms with E-state index in [1.807, 2.05) is 109 Å². The lowest BCUT2D eigenvalue weighted by Gasteiger charge is -2.18. The van der Waals surface area contributed by atoms with Gasteiger partial charge in [0.15, 0.2) is 0 Å². The van der Waals surface area contributed by atoms with Crippen molar-refractivity contribution in [2.24, 2.45) is 19.8 Å². The van der Waals surface area contributed by atoms with Crippen LogP contribution in [0.3, 0.4) is 0 Å². The van der Waals surface area contributed by atoms with Crippen LogP contribution in [-0.2, 0) is 43.1 Å². The van der Waals surface area contributed by atoms with Gasteiger partial charge in [0, 0.05) is 74.1 Å². The van der Waals surface area contributed by atoms with Crippen molar-refractivity contribution in [1.29, 1.82) is 0 Å². The minimum absolute atomic E-state index is 0.113. The maximum Gasteiger partial charge on any atom is 0.243 e. The van der Waals surface area contributed by atoms with Gasteiger partial charge in [0.05, 0.1) is 34.7 Å². The number of carbonyl (C=O) groups is 2. The summed E-state index contributed by atoms with van der Waals surface area (Å²) in [5.41, 5.74) is 14.3. The van der Waals surface area contributed by atoms with Gasteiger partial charge in [-0.15, -0.1) is 11.3 Å². The van der Waals surface area contributed by atoms with E-state index in [1.165, 1.54) is 0 Å². The van der Waals surface area contributed by atoms with Crippen LogP contribution in [0.5, 0.6) is 0 Å². The number of nitrogens with one attached hydrogen (secondary N) is 3. The van der Waals surface area contributed by atoms with Crippen LogP contribution in [0.4, 0.5) is 11.6 Å². The molecule has 5 N–H and O–H groups in total. The largest absolute Gasteiger partial charge is 0.320 e. The summed E-state index contributed by atoms with van der Waals surface area (Å²) < 4.78 is 3.30. The van der Waals surface area contributed by atoms with Gasteiger partial charge in [-0.2, -0.15) is 10.2 Å². The van der Waals surface area contributed by atoms with E-state index in [0.29, 0.717) is 31.0 Å². The number of rotatable bonds is 13. The van der Waals surface area contributed by atoms with Gasteiger partial charge in [0.1, 0.15) is 11.6 Å². The zero-order valence-corrected chi connectivity index (χ0v) is 30.7. The molecular formula is C40H41N11O2S. The average Bonchev–Trinajstić information content (AvgIpc) is 3.96. The van der Waals surface area contributed by atoms with Gasteiger partial charge in [0.2, 0.25) is 11.8 Å². The van der Waals surface area contributed by atoms with E-state index in [-0.39, 0.29) is 11.8 Å². The second-order valence-corrected chi connectivity index (χ2v) is 13.1. The van der Waals surface area contributed by atoms with Crippen LogP contribution in [0.25, 0.3) is 22.5 Å². The van der Waals surface area contributed by atoms with E-state index in [2.05, 4.69) is 41.1 Å². The molecule has 0 spiro atoms. The molecule has 5 heterocycles. The molecule has 0 aliphatic carbocycles. The number of aryl methyl sites for hydroxylation is 2. The van der Waals surface area contributed by atoms with E-state index in [1.54, 1.807) is 58.0 Å². The highest BCUT2D eigenvalue weighted by Crippen LogP contribution is 2.22. The van der Waals surface area contributed by atoms with Gasteiger partial charge in [-0.1, -0.05) is 60.7 Å². The van der Waals surface area contributed by atoms with Crippen molar-refractivity contribution in [3.8, 4) is 22.5 Å². The number of nitrogens with zero attached hydrogens (tertiary/aromatic N) is 7. The molecule has 2 amide bonds. The summed E-state index contributed by atoms with van der Waals surface area (Å²) in [5.74, 6) is 0.900. The predicted octanol–water partition coefficient (Wildman–Crippen LogP) is 5.27. The number of amides is 2. The first-order valence-electron chi connectivity index (χ1n) is 17.3. The topological polar surface area (TPSA) is 171 Å².